The zero-order chi connectivity index (χ0) is 18.4. The van der Waals surface area contributed by atoms with Gasteiger partial charge in [0.2, 0.25) is 5.76 Å². The Labute approximate surface area is 158 Å². The molecule has 136 valence electrons. The highest BCUT2D eigenvalue weighted by Crippen LogP contribution is 2.29. The first-order valence-electron chi connectivity index (χ1n) is 7.97. The number of thiazole rings is 1. The predicted octanol–water partition coefficient (Wildman–Crippen LogP) is 4.29. The van der Waals surface area contributed by atoms with Gasteiger partial charge in [0.15, 0.2) is 4.34 Å². The van der Waals surface area contributed by atoms with E-state index in [4.69, 9.17) is 9.15 Å². The number of hydrogen-bond donors (Lipinski definition) is 0. The maximum Gasteiger partial charge on any atom is 0.373 e. The fourth-order valence-corrected chi connectivity index (χ4v) is 4.26. The first kappa shape index (κ1) is 18.5. The van der Waals surface area contributed by atoms with E-state index >= 15 is 0 Å². The van der Waals surface area contributed by atoms with Crippen molar-refractivity contribution in [2.24, 2.45) is 0 Å². The van der Waals surface area contributed by atoms with Gasteiger partial charge in [0.05, 0.1) is 17.3 Å². The van der Waals surface area contributed by atoms with Crippen LogP contribution >= 0.6 is 23.1 Å². The van der Waals surface area contributed by atoms with Crippen molar-refractivity contribution in [3.8, 4) is 0 Å². The van der Waals surface area contributed by atoms with Gasteiger partial charge < -0.3 is 13.9 Å². The quantitative estimate of drug-likeness (QED) is 0.322. The minimum Gasteiger partial charge on any atom is -0.463 e. The molecule has 6 nitrogen and oxygen atoms in total. The number of para-hydroxylation sites is 1. The molecule has 26 heavy (non-hydrogen) atoms. The molecule has 0 aliphatic heterocycles. The summed E-state index contributed by atoms with van der Waals surface area (Å²) >= 11 is 3.30. The Balaban J connectivity index is 1.36. The number of carbonyl (C=O) groups is 2. The third-order valence-corrected chi connectivity index (χ3v) is 5.71. The number of benzene rings is 1. The summed E-state index contributed by atoms with van der Waals surface area (Å²) in [6.07, 6.45) is 1.02. The lowest BCUT2D eigenvalue weighted by Gasteiger charge is -2.02. The Morgan fingerprint density at radius 1 is 1.23 bits per heavy atom. The van der Waals surface area contributed by atoms with Gasteiger partial charge in [0.1, 0.15) is 12.4 Å². The summed E-state index contributed by atoms with van der Waals surface area (Å²) in [6.45, 7) is 0.000833. The molecular formula is C18H17NO5S2. The Bertz CT molecular complexity index is 869. The van der Waals surface area contributed by atoms with Crippen LogP contribution in [0.4, 0.5) is 0 Å². The number of aromatic nitrogens is 1. The largest absolute Gasteiger partial charge is 0.463 e. The topological polar surface area (TPSA) is 78.6 Å². The van der Waals surface area contributed by atoms with E-state index in [1.54, 1.807) is 29.2 Å². The number of methoxy groups -OCH3 is 1. The van der Waals surface area contributed by atoms with Crippen molar-refractivity contribution >= 4 is 45.3 Å². The van der Waals surface area contributed by atoms with Crippen molar-refractivity contribution in [2.75, 3.05) is 12.9 Å². The highest BCUT2D eigenvalue weighted by atomic mass is 32.2. The molecule has 0 amide bonds. The maximum absolute atomic E-state index is 11.8. The molecule has 0 bridgehead atoms. The van der Waals surface area contributed by atoms with Gasteiger partial charge in [0, 0.05) is 12.2 Å². The number of fused-ring (bicyclic) bond motifs is 1. The van der Waals surface area contributed by atoms with E-state index in [1.165, 1.54) is 17.9 Å². The SMILES string of the molecule is COC(=O)c1ccc(COC(=O)CCCSc2nc3ccccc3s2)o1. The monoisotopic (exact) mass is 391 g/mol. The number of rotatable bonds is 8. The molecule has 0 aliphatic carbocycles. The molecule has 0 aliphatic rings. The molecule has 0 atom stereocenters. The molecule has 0 spiro atoms. The van der Waals surface area contributed by atoms with E-state index in [0.29, 0.717) is 18.6 Å². The smallest absolute Gasteiger partial charge is 0.373 e. The Hall–Kier alpha value is -2.32. The molecular weight excluding hydrogens is 374 g/mol. The molecule has 3 aromatic rings. The van der Waals surface area contributed by atoms with Crippen molar-refractivity contribution in [1.29, 1.82) is 0 Å². The second kappa shape index (κ2) is 8.86. The van der Waals surface area contributed by atoms with Crippen LogP contribution in [0.2, 0.25) is 0 Å². The van der Waals surface area contributed by atoms with Crippen molar-refractivity contribution in [2.45, 2.75) is 23.8 Å². The Kier molecular flexibility index (Phi) is 6.30. The Morgan fingerprint density at radius 3 is 2.88 bits per heavy atom. The molecule has 3 rings (SSSR count). The number of ether oxygens (including phenoxy) is 2. The lowest BCUT2D eigenvalue weighted by molar-refractivity contribution is -0.145. The number of hydrogen-bond acceptors (Lipinski definition) is 8. The first-order chi connectivity index (χ1) is 12.7. The van der Waals surface area contributed by atoms with Crippen molar-refractivity contribution < 1.29 is 23.5 Å². The summed E-state index contributed by atoms with van der Waals surface area (Å²) in [6, 6.07) is 11.1. The fourth-order valence-electron chi connectivity index (χ4n) is 2.18. The molecule has 2 aromatic heterocycles. The van der Waals surface area contributed by atoms with Gasteiger partial charge in [-0.1, -0.05) is 23.9 Å². The van der Waals surface area contributed by atoms with Gasteiger partial charge in [-0.3, -0.25) is 4.79 Å². The second-order valence-corrected chi connectivity index (χ2v) is 7.69. The highest BCUT2D eigenvalue weighted by molar-refractivity contribution is 8.01. The summed E-state index contributed by atoms with van der Waals surface area (Å²) in [4.78, 5) is 27.6. The van der Waals surface area contributed by atoms with Gasteiger partial charge in [-0.2, -0.15) is 0 Å². The van der Waals surface area contributed by atoms with Crippen LogP contribution in [0, 0.1) is 0 Å². The van der Waals surface area contributed by atoms with Crippen LogP contribution in [0.1, 0.15) is 29.2 Å². The molecule has 0 saturated carbocycles. The molecule has 0 fully saturated rings. The zero-order valence-corrected chi connectivity index (χ0v) is 15.7. The third-order valence-electron chi connectivity index (χ3n) is 3.45. The number of thioether (sulfide) groups is 1. The predicted molar refractivity (Wildman–Crippen MR) is 99.4 cm³/mol. The summed E-state index contributed by atoms with van der Waals surface area (Å²) < 4.78 is 17.1. The van der Waals surface area contributed by atoms with Crippen LogP contribution in [0.25, 0.3) is 10.2 Å². The Morgan fingerprint density at radius 2 is 2.08 bits per heavy atom. The van der Waals surface area contributed by atoms with Crippen molar-refractivity contribution in [3.63, 3.8) is 0 Å². The minimum absolute atomic E-state index is 0.000833. The lowest BCUT2D eigenvalue weighted by atomic mass is 10.3. The molecule has 0 N–H and O–H groups in total. The highest BCUT2D eigenvalue weighted by Gasteiger charge is 2.12. The van der Waals surface area contributed by atoms with Gasteiger partial charge in [-0.25, -0.2) is 9.78 Å². The molecule has 2 heterocycles. The average molecular weight is 391 g/mol. The van der Waals surface area contributed by atoms with Crippen molar-refractivity contribution in [1.82, 2.24) is 4.98 Å². The number of nitrogens with zero attached hydrogens (tertiary/aromatic N) is 1. The summed E-state index contributed by atoms with van der Waals surface area (Å²) in [5.74, 6) is 0.427. The maximum atomic E-state index is 11.8. The second-order valence-electron chi connectivity index (χ2n) is 5.32. The zero-order valence-electron chi connectivity index (χ0n) is 14.1. The van der Waals surface area contributed by atoms with Crippen LogP contribution in [0.5, 0.6) is 0 Å². The van der Waals surface area contributed by atoms with Crippen LogP contribution in [-0.4, -0.2) is 29.8 Å². The van der Waals surface area contributed by atoms with E-state index in [1.807, 2.05) is 18.2 Å². The van der Waals surface area contributed by atoms with Gasteiger partial charge >= 0.3 is 11.9 Å². The van der Waals surface area contributed by atoms with E-state index in [-0.39, 0.29) is 18.3 Å². The minimum atomic E-state index is -0.561. The van der Waals surface area contributed by atoms with E-state index in [9.17, 15) is 9.59 Å². The lowest BCUT2D eigenvalue weighted by Crippen LogP contribution is -2.04. The standard InChI is InChI=1S/C18H17NO5S2/c1-22-17(21)14-9-8-12(24-14)11-23-16(20)7-4-10-25-18-19-13-5-2-3-6-15(13)26-18/h2-3,5-6,8-9H,4,7,10-11H2,1H3. The normalized spacial score (nSPS) is 10.8. The van der Waals surface area contributed by atoms with Crippen LogP contribution < -0.4 is 0 Å². The van der Waals surface area contributed by atoms with E-state index in [0.717, 1.165) is 15.6 Å². The van der Waals surface area contributed by atoms with E-state index in [2.05, 4.69) is 15.8 Å². The summed E-state index contributed by atoms with van der Waals surface area (Å²) in [5, 5.41) is 0. The van der Waals surface area contributed by atoms with E-state index < -0.39 is 5.97 Å². The third kappa shape index (κ3) is 4.86. The molecule has 0 radical (unpaired) electrons. The van der Waals surface area contributed by atoms with Crippen LogP contribution in [-0.2, 0) is 20.9 Å². The average Bonchev–Trinajstić information content (AvgIpc) is 3.29. The molecule has 0 unspecified atom stereocenters. The molecule has 0 saturated heterocycles. The number of carbonyl (C=O) groups excluding carboxylic acids is 2. The van der Waals surface area contributed by atoms with Crippen LogP contribution in [0.15, 0.2) is 45.2 Å². The van der Waals surface area contributed by atoms with Gasteiger partial charge in [0.25, 0.3) is 0 Å². The van der Waals surface area contributed by atoms with Gasteiger partial charge in [-0.15, -0.1) is 11.3 Å². The summed E-state index contributed by atoms with van der Waals surface area (Å²) in [5.41, 5.74) is 1.00. The number of esters is 2. The van der Waals surface area contributed by atoms with Crippen molar-refractivity contribution in [3.05, 3.63) is 47.9 Å². The fraction of sp³-hybridized carbons (Fsp3) is 0.278. The molecule has 1 aromatic carbocycles. The summed E-state index contributed by atoms with van der Waals surface area (Å²) in [7, 11) is 1.27. The first-order valence-corrected chi connectivity index (χ1v) is 9.77. The molecule has 8 heteroatoms. The van der Waals surface area contributed by atoms with Crippen LogP contribution in [0.3, 0.4) is 0 Å². The van der Waals surface area contributed by atoms with Gasteiger partial charge in [-0.05, 0) is 30.7 Å². The number of furan rings is 1.